The van der Waals surface area contributed by atoms with Gasteiger partial charge in [-0.15, -0.1) is 0 Å². The second kappa shape index (κ2) is 6.02. The maximum absolute atomic E-state index is 13.0. The third-order valence-corrected chi connectivity index (χ3v) is 3.83. The summed E-state index contributed by atoms with van der Waals surface area (Å²) in [5.74, 6) is 1.14. The summed E-state index contributed by atoms with van der Waals surface area (Å²) in [4.78, 5) is 2.39. The van der Waals surface area contributed by atoms with E-state index < -0.39 is 5.60 Å². The Morgan fingerprint density at radius 1 is 1.21 bits per heavy atom. The lowest BCUT2D eigenvalue weighted by molar-refractivity contribution is 0.0213. The molecular formula is C16H23FNO. The Morgan fingerprint density at radius 3 is 2.53 bits per heavy atom. The Hall–Kier alpha value is -0.930. The first kappa shape index (κ1) is 14.5. The third-order valence-electron chi connectivity index (χ3n) is 3.83. The summed E-state index contributed by atoms with van der Waals surface area (Å²) >= 11 is 0. The lowest BCUT2D eigenvalue weighted by Gasteiger charge is -2.28. The van der Waals surface area contributed by atoms with E-state index in [4.69, 9.17) is 0 Å². The van der Waals surface area contributed by atoms with Crippen LogP contribution in [0.3, 0.4) is 0 Å². The van der Waals surface area contributed by atoms with E-state index in [2.05, 4.69) is 18.7 Å². The predicted octanol–water partition coefficient (Wildman–Crippen LogP) is 3.11. The second-order valence-corrected chi connectivity index (χ2v) is 5.88. The highest BCUT2D eigenvalue weighted by Gasteiger charge is 2.31. The van der Waals surface area contributed by atoms with Crippen molar-refractivity contribution in [3.05, 3.63) is 41.6 Å². The van der Waals surface area contributed by atoms with Crippen molar-refractivity contribution in [1.29, 1.82) is 0 Å². The van der Waals surface area contributed by atoms with Crippen LogP contribution in [-0.2, 0) is 5.60 Å². The van der Waals surface area contributed by atoms with Gasteiger partial charge in [0.1, 0.15) is 5.82 Å². The van der Waals surface area contributed by atoms with Crippen molar-refractivity contribution >= 4 is 0 Å². The largest absolute Gasteiger partial charge is 0.385 e. The molecule has 1 atom stereocenters. The van der Waals surface area contributed by atoms with Crippen molar-refractivity contribution in [2.45, 2.75) is 38.7 Å². The van der Waals surface area contributed by atoms with E-state index in [-0.39, 0.29) is 5.82 Å². The van der Waals surface area contributed by atoms with Crippen LogP contribution < -0.4 is 0 Å². The zero-order chi connectivity index (χ0) is 13.9. The van der Waals surface area contributed by atoms with Gasteiger partial charge in [-0.2, -0.15) is 0 Å². The average Bonchev–Trinajstić information content (AvgIpc) is 2.53. The lowest BCUT2D eigenvalue weighted by Crippen LogP contribution is -2.31. The molecular weight excluding hydrogens is 241 g/mol. The average molecular weight is 264 g/mol. The molecule has 1 unspecified atom stereocenters. The van der Waals surface area contributed by atoms with Crippen molar-refractivity contribution in [3.63, 3.8) is 0 Å². The summed E-state index contributed by atoms with van der Waals surface area (Å²) in [6.07, 6.45) is 2.44. The van der Waals surface area contributed by atoms with Gasteiger partial charge in [0.05, 0.1) is 5.60 Å². The minimum absolute atomic E-state index is 0.251. The molecule has 1 saturated heterocycles. The quantitative estimate of drug-likeness (QED) is 0.906. The van der Waals surface area contributed by atoms with Gasteiger partial charge in [-0.1, -0.05) is 26.0 Å². The molecule has 1 aliphatic rings. The van der Waals surface area contributed by atoms with E-state index in [0.29, 0.717) is 6.42 Å². The number of likely N-dealkylation sites (tertiary alicyclic amines) is 1. The summed E-state index contributed by atoms with van der Waals surface area (Å²) in [7, 11) is 0. The van der Waals surface area contributed by atoms with Crippen molar-refractivity contribution < 1.29 is 9.50 Å². The van der Waals surface area contributed by atoms with E-state index >= 15 is 0 Å². The molecule has 1 aromatic carbocycles. The summed E-state index contributed by atoms with van der Waals surface area (Å²) in [5.41, 5.74) is 0.0392. The molecule has 0 aromatic heterocycles. The fourth-order valence-electron chi connectivity index (χ4n) is 2.83. The molecule has 3 heteroatoms. The maximum atomic E-state index is 13.0. The van der Waals surface area contributed by atoms with E-state index in [1.165, 1.54) is 18.1 Å². The minimum Gasteiger partial charge on any atom is -0.385 e. The first-order valence-corrected chi connectivity index (χ1v) is 6.99. The fraction of sp³-hybridized carbons (Fsp3) is 0.562. The molecule has 0 saturated carbocycles. The first-order chi connectivity index (χ1) is 8.99. The lowest BCUT2D eigenvalue weighted by atomic mass is 9.87. The normalized spacial score (nSPS) is 25.5. The van der Waals surface area contributed by atoms with Crippen molar-refractivity contribution in [1.82, 2.24) is 4.90 Å². The third kappa shape index (κ3) is 3.77. The summed E-state index contributed by atoms with van der Waals surface area (Å²) in [6, 6.07) is 6.28. The Labute approximate surface area is 115 Å². The molecule has 1 aromatic rings. The Kier molecular flexibility index (Phi) is 4.58. The van der Waals surface area contributed by atoms with Gasteiger partial charge < -0.3 is 10.0 Å². The van der Waals surface area contributed by atoms with E-state index in [1.54, 1.807) is 12.1 Å². The van der Waals surface area contributed by atoms with Gasteiger partial charge in [-0.05, 0) is 49.4 Å². The Balaban J connectivity index is 2.06. The number of aliphatic hydroxyl groups is 1. The van der Waals surface area contributed by atoms with Gasteiger partial charge >= 0.3 is 0 Å². The molecule has 0 bridgehead atoms. The molecule has 1 radical (unpaired) electrons. The number of halogens is 1. The summed E-state index contributed by atoms with van der Waals surface area (Å²) < 4.78 is 13.0. The van der Waals surface area contributed by atoms with Gasteiger partial charge in [-0.25, -0.2) is 4.39 Å². The van der Waals surface area contributed by atoms with E-state index in [0.717, 1.165) is 38.0 Å². The minimum atomic E-state index is -0.801. The number of hydrogen-bond donors (Lipinski definition) is 1. The van der Waals surface area contributed by atoms with Crippen LogP contribution in [0.5, 0.6) is 0 Å². The van der Waals surface area contributed by atoms with Crippen LogP contribution in [-0.4, -0.2) is 29.6 Å². The van der Waals surface area contributed by atoms with Crippen molar-refractivity contribution in [2.24, 2.45) is 0 Å². The molecule has 1 fully saturated rings. The smallest absolute Gasteiger partial charge is 0.123 e. The van der Waals surface area contributed by atoms with Crippen LogP contribution in [0.2, 0.25) is 0 Å². The maximum Gasteiger partial charge on any atom is 0.123 e. The molecule has 0 aliphatic carbocycles. The molecule has 0 amide bonds. The number of nitrogens with zero attached hydrogens (tertiary/aromatic N) is 1. The zero-order valence-corrected chi connectivity index (χ0v) is 11.8. The van der Waals surface area contributed by atoms with Crippen LogP contribution in [0.4, 0.5) is 4.39 Å². The highest BCUT2D eigenvalue weighted by atomic mass is 19.1. The molecule has 0 spiro atoms. The van der Waals surface area contributed by atoms with E-state index in [1.807, 2.05) is 0 Å². The van der Waals surface area contributed by atoms with Gasteiger partial charge in [0.2, 0.25) is 0 Å². The highest BCUT2D eigenvalue weighted by Crippen LogP contribution is 2.33. The van der Waals surface area contributed by atoms with Crippen LogP contribution in [0, 0.1) is 11.7 Å². The molecule has 2 nitrogen and oxygen atoms in total. The fourth-order valence-corrected chi connectivity index (χ4v) is 2.83. The zero-order valence-electron chi connectivity index (χ0n) is 11.8. The molecule has 1 N–H and O–H groups in total. The second-order valence-electron chi connectivity index (χ2n) is 5.88. The topological polar surface area (TPSA) is 23.5 Å². The highest BCUT2D eigenvalue weighted by molar-refractivity contribution is 5.23. The summed E-state index contributed by atoms with van der Waals surface area (Å²) in [5, 5.41) is 10.8. The number of hydrogen-bond acceptors (Lipinski definition) is 2. The van der Waals surface area contributed by atoms with Crippen molar-refractivity contribution in [3.8, 4) is 0 Å². The molecule has 1 heterocycles. The van der Waals surface area contributed by atoms with Crippen LogP contribution in [0.1, 0.15) is 38.7 Å². The molecule has 2 rings (SSSR count). The van der Waals surface area contributed by atoms with Crippen LogP contribution >= 0.6 is 0 Å². The Morgan fingerprint density at radius 2 is 1.89 bits per heavy atom. The Bertz CT molecular complexity index is 404. The van der Waals surface area contributed by atoms with E-state index in [9.17, 15) is 9.50 Å². The predicted molar refractivity (Wildman–Crippen MR) is 75.2 cm³/mol. The standard InChI is InChI=1S/C16H23FNO/c1-13(2)12-18-10-3-8-16(19,9-11-18)14-4-6-15(17)7-5-14/h4-7,19H,3,8-12H2,1-2H3. The van der Waals surface area contributed by atoms with Crippen LogP contribution in [0.25, 0.3) is 0 Å². The first-order valence-electron chi connectivity index (χ1n) is 6.99. The molecule has 105 valence electrons. The van der Waals surface area contributed by atoms with Gasteiger partial charge in [-0.3, -0.25) is 0 Å². The van der Waals surface area contributed by atoms with Crippen LogP contribution in [0.15, 0.2) is 24.3 Å². The van der Waals surface area contributed by atoms with Gasteiger partial charge in [0.15, 0.2) is 0 Å². The monoisotopic (exact) mass is 264 g/mol. The molecule has 1 aliphatic heterocycles. The SMILES string of the molecule is C[C](C)CN1CCCC(O)(c2ccc(F)cc2)CC1. The van der Waals surface area contributed by atoms with Gasteiger partial charge in [0.25, 0.3) is 0 Å². The number of benzene rings is 1. The van der Waals surface area contributed by atoms with Crippen molar-refractivity contribution in [2.75, 3.05) is 19.6 Å². The number of rotatable bonds is 3. The summed E-state index contributed by atoms with van der Waals surface area (Å²) in [6.45, 7) is 7.18. The van der Waals surface area contributed by atoms with Gasteiger partial charge in [0, 0.05) is 13.1 Å². The molecule has 19 heavy (non-hydrogen) atoms.